The first kappa shape index (κ1) is 17.5. The summed E-state index contributed by atoms with van der Waals surface area (Å²) in [6.45, 7) is 2.60. The molecule has 0 saturated heterocycles. The van der Waals surface area contributed by atoms with Gasteiger partial charge in [0, 0.05) is 19.3 Å². The van der Waals surface area contributed by atoms with Crippen LogP contribution in [-0.4, -0.2) is 36.1 Å². The van der Waals surface area contributed by atoms with Gasteiger partial charge in [0.05, 0.1) is 22.3 Å². The molecular weight excluding hydrogens is 339 g/mol. The van der Waals surface area contributed by atoms with Crippen LogP contribution in [0.3, 0.4) is 0 Å². The Morgan fingerprint density at radius 2 is 1.96 bits per heavy atom. The largest absolute Gasteiger partial charge is 0.383 e. The predicted octanol–water partition coefficient (Wildman–Crippen LogP) is 3.21. The Hall–Kier alpha value is -1.89. The summed E-state index contributed by atoms with van der Waals surface area (Å²) in [6, 6.07) is 6.73. The molecule has 0 spiro atoms. The zero-order valence-electron chi connectivity index (χ0n) is 12.7. The molecule has 1 aromatic heterocycles. The molecule has 0 unspecified atom stereocenters. The number of hydrogen-bond donors (Lipinski definition) is 2. The van der Waals surface area contributed by atoms with E-state index in [0.717, 1.165) is 0 Å². The van der Waals surface area contributed by atoms with Gasteiger partial charge in [-0.05, 0) is 25.1 Å². The number of anilines is 2. The Balaban J connectivity index is 2.22. The number of para-hydroxylation sites is 1. The summed E-state index contributed by atoms with van der Waals surface area (Å²) in [5.41, 5.74) is 1.38. The van der Waals surface area contributed by atoms with Crippen molar-refractivity contribution in [1.82, 2.24) is 15.3 Å². The van der Waals surface area contributed by atoms with Crippen molar-refractivity contribution in [1.29, 1.82) is 0 Å². The van der Waals surface area contributed by atoms with Crippen molar-refractivity contribution in [2.75, 3.05) is 25.6 Å². The Kier molecular flexibility index (Phi) is 6.15. The van der Waals surface area contributed by atoms with E-state index in [9.17, 15) is 4.79 Å². The van der Waals surface area contributed by atoms with Crippen molar-refractivity contribution < 1.29 is 9.53 Å². The zero-order valence-corrected chi connectivity index (χ0v) is 14.2. The molecule has 2 aromatic rings. The second kappa shape index (κ2) is 8.10. The highest BCUT2D eigenvalue weighted by Gasteiger charge is 2.12. The van der Waals surface area contributed by atoms with Crippen LogP contribution in [0, 0.1) is 6.92 Å². The number of carbonyl (C=O) groups is 1. The summed E-state index contributed by atoms with van der Waals surface area (Å²) in [5, 5.41) is 6.54. The Morgan fingerprint density at radius 3 is 2.61 bits per heavy atom. The fourth-order valence-electron chi connectivity index (χ4n) is 1.83. The van der Waals surface area contributed by atoms with Crippen LogP contribution in [0.1, 0.15) is 16.2 Å². The lowest BCUT2D eigenvalue weighted by Gasteiger charge is -2.11. The number of aryl methyl sites for hydroxylation is 1. The molecular formula is C15H16Cl2N4O2. The predicted molar refractivity (Wildman–Crippen MR) is 90.7 cm³/mol. The molecule has 2 N–H and O–H groups in total. The zero-order chi connectivity index (χ0) is 16.8. The van der Waals surface area contributed by atoms with Crippen LogP contribution >= 0.6 is 23.2 Å². The summed E-state index contributed by atoms with van der Waals surface area (Å²) in [7, 11) is 1.57. The molecule has 1 amide bonds. The molecule has 23 heavy (non-hydrogen) atoms. The van der Waals surface area contributed by atoms with Gasteiger partial charge in [0.25, 0.3) is 5.91 Å². The SMILES string of the molecule is COCCNC(=O)c1cc(C)nc(Nc2c(Cl)cccc2Cl)n1. The lowest BCUT2D eigenvalue weighted by atomic mass is 10.3. The number of amides is 1. The van der Waals surface area contributed by atoms with Gasteiger partial charge in [0.15, 0.2) is 0 Å². The van der Waals surface area contributed by atoms with Crippen molar-refractivity contribution in [3.8, 4) is 0 Å². The van der Waals surface area contributed by atoms with Crippen molar-refractivity contribution in [3.63, 3.8) is 0 Å². The van der Waals surface area contributed by atoms with Gasteiger partial charge < -0.3 is 15.4 Å². The smallest absolute Gasteiger partial charge is 0.270 e. The number of hydrogen-bond acceptors (Lipinski definition) is 5. The van der Waals surface area contributed by atoms with E-state index < -0.39 is 0 Å². The highest BCUT2D eigenvalue weighted by Crippen LogP contribution is 2.31. The number of rotatable bonds is 6. The van der Waals surface area contributed by atoms with E-state index in [1.165, 1.54) is 0 Å². The number of methoxy groups -OCH3 is 1. The standard InChI is InChI=1S/C15H16Cl2N4O2/c1-9-8-12(14(22)18-6-7-23-2)20-15(19-9)21-13-10(16)4-3-5-11(13)17/h3-5,8H,6-7H2,1-2H3,(H,18,22)(H,19,20,21). The molecule has 8 heteroatoms. The summed E-state index contributed by atoms with van der Waals surface area (Å²) < 4.78 is 4.89. The number of ether oxygens (including phenoxy) is 1. The second-order valence-corrected chi connectivity index (χ2v) is 5.50. The molecule has 0 aliphatic heterocycles. The van der Waals surface area contributed by atoms with Crippen LogP contribution in [0.25, 0.3) is 0 Å². The van der Waals surface area contributed by atoms with E-state index >= 15 is 0 Å². The van der Waals surface area contributed by atoms with E-state index in [0.29, 0.717) is 34.6 Å². The lowest BCUT2D eigenvalue weighted by molar-refractivity contribution is 0.0932. The van der Waals surface area contributed by atoms with Gasteiger partial charge in [-0.2, -0.15) is 0 Å². The highest BCUT2D eigenvalue weighted by atomic mass is 35.5. The summed E-state index contributed by atoms with van der Waals surface area (Å²) in [6.07, 6.45) is 0. The minimum absolute atomic E-state index is 0.247. The third-order valence-corrected chi connectivity index (χ3v) is 3.51. The van der Waals surface area contributed by atoms with Gasteiger partial charge in [-0.1, -0.05) is 29.3 Å². The monoisotopic (exact) mass is 354 g/mol. The Labute approximate surface area is 144 Å². The van der Waals surface area contributed by atoms with Gasteiger partial charge in [-0.25, -0.2) is 9.97 Å². The van der Waals surface area contributed by atoms with E-state index in [-0.39, 0.29) is 17.5 Å². The van der Waals surface area contributed by atoms with Gasteiger partial charge in [-0.3, -0.25) is 4.79 Å². The minimum Gasteiger partial charge on any atom is -0.383 e. The topological polar surface area (TPSA) is 76.1 Å². The normalized spacial score (nSPS) is 10.4. The fourth-order valence-corrected chi connectivity index (χ4v) is 2.32. The molecule has 6 nitrogen and oxygen atoms in total. The molecule has 2 rings (SSSR count). The molecule has 0 atom stereocenters. The van der Waals surface area contributed by atoms with E-state index in [1.807, 2.05) is 0 Å². The molecule has 0 fully saturated rings. The van der Waals surface area contributed by atoms with Crippen LogP contribution in [-0.2, 0) is 4.74 Å². The maximum Gasteiger partial charge on any atom is 0.270 e. The van der Waals surface area contributed by atoms with Crippen molar-refractivity contribution in [2.45, 2.75) is 6.92 Å². The first-order valence-electron chi connectivity index (χ1n) is 6.85. The third-order valence-electron chi connectivity index (χ3n) is 2.88. The third kappa shape index (κ3) is 4.79. The van der Waals surface area contributed by atoms with Crippen LogP contribution in [0.2, 0.25) is 10.0 Å². The highest BCUT2D eigenvalue weighted by molar-refractivity contribution is 6.39. The van der Waals surface area contributed by atoms with Crippen LogP contribution < -0.4 is 10.6 Å². The average molecular weight is 355 g/mol. The summed E-state index contributed by atoms with van der Waals surface area (Å²) in [4.78, 5) is 20.5. The second-order valence-electron chi connectivity index (χ2n) is 4.69. The van der Waals surface area contributed by atoms with Crippen molar-refractivity contribution in [3.05, 3.63) is 45.7 Å². The number of halogens is 2. The number of carbonyl (C=O) groups excluding carboxylic acids is 1. The lowest BCUT2D eigenvalue weighted by Crippen LogP contribution is -2.28. The van der Waals surface area contributed by atoms with Crippen LogP contribution in [0.5, 0.6) is 0 Å². The number of nitrogens with one attached hydrogen (secondary N) is 2. The fraction of sp³-hybridized carbons (Fsp3) is 0.267. The van der Waals surface area contributed by atoms with Crippen molar-refractivity contribution >= 4 is 40.7 Å². The molecule has 0 aliphatic rings. The average Bonchev–Trinajstić information content (AvgIpc) is 2.51. The van der Waals surface area contributed by atoms with E-state index in [1.54, 1.807) is 38.3 Å². The quantitative estimate of drug-likeness (QED) is 0.779. The Bertz CT molecular complexity index is 690. The van der Waals surface area contributed by atoms with Crippen LogP contribution in [0.15, 0.2) is 24.3 Å². The molecule has 0 radical (unpaired) electrons. The molecule has 0 saturated carbocycles. The van der Waals surface area contributed by atoms with Crippen LogP contribution in [0.4, 0.5) is 11.6 Å². The van der Waals surface area contributed by atoms with E-state index in [2.05, 4.69) is 20.6 Å². The molecule has 1 aromatic carbocycles. The molecule has 0 bridgehead atoms. The minimum atomic E-state index is -0.305. The van der Waals surface area contributed by atoms with Gasteiger partial charge in [0.2, 0.25) is 5.95 Å². The van der Waals surface area contributed by atoms with Gasteiger partial charge in [-0.15, -0.1) is 0 Å². The number of aromatic nitrogens is 2. The molecule has 0 aliphatic carbocycles. The maximum atomic E-state index is 12.1. The first-order chi connectivity index (χ1) is 11.0. The summed E-state index contributed by atoms with van der Waals surface area (Å²) >= 11 is 12.2. The maximum absolute atomic E-state index is 12.1. The molecule has 1 heterocycles. The molecule has 122 valence electrons. The van der Waals surface area contributed by atoms with E-state index in [4.69, 9.17) is 27.9 Å². The van der Waals surface area contributed by atoms with Gasteiger partial charge >= 0.3 is 0 Å². The Morgan fingerprint density at radius 1 is 1.26 bits per heavy atom. The number of nitrogens with zero attached hydrogens (tertiary/aromatic N) is 2. The summed E-state index contributed by atoms with van der Waals surface area (Å²) in [5.74, 6) is -0.0576. The van der Waals surface area contributed by atoms with Crippen molar-refractivity contribution in [2.24, 2.45) is 0 Å². The number of benzene rings is 1. The van der Waals surface area contributed by atoms with Gasteiger partial charge in [0.1, 0.15) is 5.69 Å². The first-order valence-corrected chi connectivity index (χ1v) is 7.60.